The Balaban J connectivity index is 4.14. The maximum atomic E-state index is 13.0. The Hall–Kier alpha value is -3.10. The highest BCUT2D eigenvalue weighted by Gasteiger charge is 2.27. The van der Waals surface area contributed by atoms with E-state index in [9.17, 15) is 19.4 Å². The second-order valence-electron chi connectivity index (χ2n) is 20.6. The molecular formula is C64H112N2O6P+. The molecule has 0 heterocycles. The molecule has 0 rings (SSSR count). The van der Waals surface area contributed by atoms with E-state index in [2.05, 4.69) is 129 Å². The van der Waals surface area contributed by atoms with Gasteiger partial charge in [0.15, 0.2) is 0 Å². The van der Waals surface area contributed by atoms with Crippen LogP contribution in [-0.4, -0.2) is 73.4 Å². The second-order valence-corrected chi connectivity index (χ2v) is 22.1. The van der Waals surface area contributed by atoms with Crippen LogP contribution in [0.5, 0.6) is 0 Å². The number of phosphoric ester groups is 1. The summed E-state index contributed by atoms with van der Waals surface area (Å²) in [6, 6.07) is -0.857. The maximum Gasteiger partial charge on any atom is 0.472 e. The number of quaternary nitrogens is 1. The number of carbonyl (C=O) groups excluding carboxylic acids is 1. The number of hydrogen-bond donors (Lipinski definition) is 3. The van der Waals surface area contributed by atoms with Gasteiger partial charge in [-0.3, -0.25) is 13.8 Å². The Morgan fingerprint density at radius 1 is 0.479 bits per heavy atom. The number of nitrogens with zero attached hydrogens (tertiary/aromatic N) is 1. The van der Waals surface area contributed by atoms with E-state index in [-0.39, 0.29) is 19.1 Å². The van der Waals surface area contributed by atoms with E-state index in [1.165, 1.54) is 103 Å². The molecule has 0 saturated carbocycles. The summed E-state index contributed by atoms with van der Waals surface area (Å²) in [4.78, 5) is 23.3. The molecule has 3 N–H and O–H groups in total. The van der Waals surface area contributed by atoms with E-state index < -0.39 is 20.0 Å². The molecule has 418 valence electrons. The monoisotopic (exact) mass is 1040 g/mol. The number of aliphatic hydroxyl groups is 1. The molecule has 0 radical (unpaired) electrons. The van der Waals surface area contributed by atoms with Crippen molar-refractivity contribution in [3.05, 3.63) is 122 Å². The molecule has 0 aliphatic rings. The number of carbonyl (C=O) groups is 1. The third-order valence-electron chi connectivity index (χ3n) is 12.4. The van der Waals surface area contributed by atoms with Crippen LogP contribution in [0.4, 0.5) is 0 Å². The molecule has 0 aromatic rings. The van der Waals surface area contributed by atoms with E-state index >= 15 is 0 Å². The molecule has 8 nitrogen and oxygen atoms in total. The molecule has 9 heteroatoms. The van der Waals surface area contributed by atoms with Crippen LogP contribution in [0.25, 0.3) is 0 Å². The molecule has 0 aliphatic carbocycles. The number of likely N-dealkylation sites (N-methyl/N-ethyl adjacent to an activating group) is 1. The Labute approximate surface area is 450 Å². The minimum Gasteiger partial charge on any atom is -0.387 e. The molecule has 3 unspecified atom stereocenters. The first-order valence-corrected chi connectivity index (χ1v) is 30.9. The number of phosphoric acid groups is 1. The first-order valence-electron chi connectivity index (χ1n) is 29.4. The second kappa shape index (κ2) is 53.7. The molecule has 0 saturated heterocycles. The fourth-order valence-corrected chi connectivity index (χ4v) is 8.59. The lowest BCUT2D eigenvalue weighted by molar-refractivity contribution is -0.870. The third-order valence-corrected chi connectivity index (χ3v) is 13.4. The lowest BCUT2D eigenvalue weighted by Gasteiger charge is -2.25. The van der Waals surface area contributed by atoms with Crippen LogP contribution in [0.2, 0.25) is 0 Å². The number of rotatable bonds is 52. The summed E-state index contributed by atoms with van der Waals surface area (Å²) < 4.78 is 23.7. The van der Waals surface area contributed by atoms with Crippen LogP contribution in [-0.2, 0) is 18.4 Å². The molecular weight excluding hydrogens is 924 g/mol. The van der Waals surface area contributed by atoms with Crippen LogP contribution in [0.15, 0.2) is 122 Å². The van der Waals surface area contributed by atoms with Gasteiger partial charge in [0.05, 0.1) is 39.9 Å². The fourth-order valence-electron chi connectivity index (χ4n) is 7.86. The van der Waals surface area contributed by atoms with Crippen molar-refractivity contribution in [2.24, 2.45) is 0 Å². The zero-order valence-electron chi connectivity index (χ0n) is 47.6. The average molecular weight is 1040 g/mol. The van der Waals surface area contributed by atoms with Gasteiger partial charge in [-0.05, 0) is 89.9 Å². The first-order chi connectivity index (χ1) is 35.5. The Bertz CT molecular complexity index is 1600. The lowest BCUT2D eigenvalue weighted by atomic mass is 10.0. The van der Waals surface area contributed by atoms with Gasteiger partial charge in [0.1, 0.15) is 13.2 Å². The Morgan fingerprint density at radius 3 is 1.21 bits per heavy atom. The smallest absolute Gasteiger partial charge is 0.387 e. The molecule has 3 atom stereocenters. The van der Waals surface area contributed by atoms with Crippen LogP contribution in [0.3, 0.4) is 0 Å². The van der Waals surface area contributed by atoms with Crippen LogP contribution >= 0.6 is 7.82 Å². The van der Waals surface area contributed by atoms with Gasteiger partial charge in [-0.1, -0.05) is 251 Å². The average Bonchev–Trinajstić information content (AvgIpc) is 3.35. The first kappa shape index (κ1) is 69.9. The molecule has 0 aromatic heterocycles. The summed E-state index contributed by atoms with van der Waals surface area (Å²) in [5.74, 6) is -0.189. The van der Waals surface area contributed by atoms with Gasteiger partial charge < -0.3 is 19.8 Å². The number of allylic oxidation sites excluding steroid dienone is 19. The predicted molar refractivity (Wildman–Crippen MR) is 318 cm³/mol. The van der Waals surface area contributed by atoms with Crippen molar-refractivity contribution >= 4 is 13.7 Å². The summed E-state index contributed by atoms with van der Waals surface area (Å²) in [6.45, 7) is 4.68. The number of unbranched alkanes of at least 4 members (excludes halogenated alkanes) is 21. The summed E-state index contributed by atoms with van der Waals surface area (Å²) in [5, 5.41) is 13.9. The van der Waals surface area contributed by atoms with Crippen molar-refractivity contribution in [1.82, 2.24) is 5.32 Å². The highest BCUT2D eigenvalue weighted by Crippen LogP contribution is 2.43. The Kier molecular flexibility index (Phi) is 51.4. The van der Waals surface area contributed by atoms with E-state index in [0.29, 0.717) is 17.4 Å². The van der Waals surface area contributed by atoms with E-state index in [1.54, 1.807) is 6.08 Å². The van der Waals surface area contributed by atoms with Crippen molar-refractivity contribution in [3.8, 4) is 0 Å². The number of amides is 1. The molecule has 0 aliphatic heterocycles. The van der Waals surface area contributed by atoms with Crippen molar-refractivity contribution in [3.63, 3.8) is 0 Å². The van der Waals surface area contributed by atoms with Gasteiger partial charge in [0.25, 0.3) is 0 Å². The molecule has 1 amide bonds. The van der Waals surface area contributed by atoms with Gasteiger partial charge in [0, 0.05) is 6.42 Å². The van der Waals surface area contributed by atoms with Gasteiger partial charge >= 0.3 is 7.82 Å². The molecule has 0 fully saturated rings. The number of aliphatic hydroxyl groups excluding tert-OH is 1. The van der Waals surface area contributed by atoms with Crippen LogP contribution in [0.1, 0.15) is 226 Å². The Morgan fingerprint density at radius 2 is 0.822 bits per heavy atom. The van der Waals surface area contributed by atoms with Gasteiger partial charge in [0.2, 0.25) is 5.91 Å². The number of hydrogen-bond acceptors (Lipinski definition) is 5. The zero-order valence-corrected chi connectivity index (χ0v) is 48.5. The van der Waals surface area contributed by atoms with Crippen molar-refractivity contribution in [2.45, 2.75) is 238 Å². The van der Waals surface area contributed by atoms with Gasteiger partial charge in [-0.15, -0.1) is 0 Å². The van der Waals surface area contributed by atoms with E-state index in [1.807, 2.05) is 27.2 Å². The summed E-state index contributed by atoms with van der Waals surface area (Å²) in [5.41, 5.74) is 0. The molecule has 0 aromatic carbocycles. The SMILES string of the molecule is CC/C=C\C/C=C\C/C=C\C/C=C\C/C=C\C/C=C\C/C=C\C/C=C\C/C=C\CCCCCCCCCCCC(=O)NC(COP(=O)(O)OCC[N+](C)(C)C)C(O)/C=C/CCCCCCCCCCCCCC. The quantitative estimate of drug-likeness (QED) is 0.0243. The normalized spacial score (nSPS) is 14.8. The van der Waals surface area contributed by atoms with E-state index in [4.69, 9.17) is 9.05 Å². The minimum atomic E-state index is -4.35. The summed E-state index contributed by atoms with van der Waals surface area (Å²) in [7, 11) is 1.55. The highest BCUT2D eigenvalue weighted by molar-refractivity contribution is 7.47. The fraction of sp³-hybridized carbons (Fsp3) is 0.672. The van der Waals surface area contributed by atoms with Crippen molar-refractivity contribution in [1.29, 1.82) is 0 Å². The minimum absolute atomic E-state index is 0.0548. The topological polar surface area (TPSA) is 105 Å². The molecule has 0 bridgehead atoms. The summed E-state index contributed by atoms with van der Waals surface area (Å²) in [6.07, 6.45) is 80.1. The summed E-state index contributed by atoms with van der Waals surface area (Å²) >= 11 is 0. The third kappa shape index (κ3) is 56.5. The highest BCUT2D eigenvalue weighted by atomic mass is 31.2. The largest absolute Gasteiger partial charge is 0.472 e. The number of nitrogens with one attached hydrogen (secondary N) is 1. The predicted octanol–water partition coefficient (Wildman–Crippen LogP) is 18.1. The van der Waals surface area contributed by atoms with Crippen molar-refractivity contribution in [2.75, 3.05) is 40.9 Å². The zero-order chi connectivity index (χ0) is 53.5. The van der Waals surface area contributed by atoms with Crippen LogP contribution in [0, 0.1) is 0 Å². The van der Waals surface area contributed by atoms with Gasteiger partial charge in [-0.2, -0.15) is 0 Å². The van der Waals surface area contributed by atoms with E-state index in [0.717, 1.165) is 103 Å². The van der Waals surface area contributed by atoms with Gasteiger partial charge in [-0.25, -0.2) is 4.57 Å². The lowest BCUT2D eigenvalue weighted by Crippen LogP contribution is -2.45. The standard InChI is InChI=1S/C64H111N2O6P/c1-6-8-10-12-14-16-18-20-22-23-24-25-26-27-28-29-30-31-32-33-34-35-36-37-38-39-40-41-42-43-44-46-48-50-52-54-56-58-64(68)65-62(61-72-73(69,70)71-60-59-66(3,4)5)63(67)57-55-53-51-49-47-45-21-19-17-15-13-11-9-7-2/h8,10,14,16,20,22,24-25,27-28,30-31,33-34,36-37,39-40,55,57,62-63,67H,6-7,9,11-13,15,17-19,21,23,26,29,32,35,38,41-54,56,58-61H2,1-5H3,(H-,65,68,69,70)/p+1/b10-8-,16-14-,22-20-,25-24-,28-27-,31-30-,34-33-,37-36-,40-39-,57-55+. The van der Waals surface area contributed by atoms with Crippen molar-refractivity contribution < 1.29 is 32.9 Å². The van der Waals surface area contributed by atoms with Crippen LogP contribution < -0.4 is 5.32 Å². The molecule has 0 spiro atoms. The molecule has 73 heavy (non-hydrogen) atoms. The maximum absolute atomic E-state index is 13.0.